The Labute approximate surface area is 241 Å². The molecule has 12 nitrogen and oxygen atoms in total. The maximum Gasteiger partial charge on any atom is 0.253 e. The number of ketones is 4. The number of likely N-dealkylation sites (N-methyl/N-ethyl adjacent to an activating group) is 1. The van der Waals surface area contributed by atoms with Gasteiger partial charge in [0.05, 0.1) is 23.1 Å². The minimum absolute atomic E-state index is 0.0171. The number of amides is 2. The van der Waals surface area contributed by atoms with Gasteiger partial charge < -0.3 is 21.3 Å². The van der Waals surface area contributed by atoms with Crippen molar-refractivity contribution in [2.75, 3.05) is 14.1 Å². The van der Waals surface area contributed by atoms with E-state index in [1.54, 1.807) is 18.2 Å². The molecule has 6 atom stereocenters. The van der Waals surface area contributed by atoms with Gasteiger partial charge in [0, 0.05) is 30.4 Å². The van der Waals surface area contributed by atoms with Gasteiger partial charge in [0.25, 0.3) is 5.91 Å². The molecule has 5 rings (SSSR count). The number of pyridine rings is 1. The average Bonchev–Trinajstić information content (AvgIpc) is 2.94. The van der Waals surface area contributed by atoms with Crippen LogP contribution in [0.1, 0.15) is 50.8 Å². The van der Waals surface area contributed by atoms with Crippen LogP contribution in [0.4, 0.5) is 0 Å². The number of phenols is 1. The number of hydrogen-bond donors (Lipinski definition) is 4. The first-order valence-electron chi connectivity index (χ1n) is 13.7. The lowest BCUT2D eigenvalue weighted by Crippen LogP contribution is -2.74. The first kappa shape index (κ1) is 29.2. The lowest BCUT2D eigenvalue weighted by molar-refractivity contribution is -0.181. The van der Waals surface area contributed by atoms with Crippen molar-refractivity contribution in [2.45, 2.75) is 44.4 Å². The van der Waals surface area contributed by atoms with E-state index in [0.29, 0.717) is 17.5 Å². The molecule has 1 aromatic heterocycles. The number of nitrogens with one attached hydrogen (secondary N) is 1. The molecule has 0 spiro atoms. The topological polar surface area (TPSA) is 197 Å². The van der Waals surface area contributed by atoms with Crippen molar-refractivity contribution in [3.8, 4) is 5.75 Å². The van der Waals surface area contributed by atoms with Crippen LogP contribution in [0.5, 0.6) is 5.75 Å². The Kier molecular flexibility index (Phi) is 7.32. The largest absolute Gasteiger partial charge is 0.507 e. The fraction of sp³-hybridized carbons (Fsp3) is 0.433. The molecule has 0 radical (unpaired) electrons. The van der Waals surface area contributed by atoms with Crippen molar-refractivity contribution in [1.29, 1.82) is 0 Å². The second-order valence-electron chi connectivity index (χ2n) is 11.5. The quantitative estimate of drug-likeness (QED) is 0.333. The highest BCUT2D eigenvalue weighted by molar-refractivity contribution is 6.32. The number of phenolic OH excluding ortho intramolecular Hbond substituents is 1. The summed E-state index contributed by atoms with van der Waals surface area (Å²) in [7, 11) is 3.08. The van der Waals surface area contributed by atoms with Crippen molar-refractivity contribution in [3.63, 3.8) is 0 Å². The number of carbonyl (C=O) groups is 6. The summed E-state index contributed by atoms with van der Waals surface area (Å²) in [6, 6.07) is 3.73. The van der Waals surface area contributed by atoms with Crippen molar-refractivity contribution in [1.82, 2.24) is 15.2 Å². The van der Waals surface area contributed by atoms with Gasteiger partial charge >= 0.3 is 0 Å². The van der Waals surface area contributed by atoms with E-state index in [2.05, 4.69) is 10.3 Å². The van der Waals surface area contributed by atoms with Crippen LogP contribution in [-0.4, -0.2) is 80.8 Å². The standard InChI is InChI=1S/C30H32N4O8/c1-4-13-8-16(12-33-29(41)14-6-5-7-32-11-14)23(35)20-17(13)9-15-10-18-22(34(2)3)25(37)21(28(31)40)27(39)30(18,42)26(38)19(15)24(20)36/h5-8,11,15,18-19,21-22,35,42H,4,9-10,12H2,1-3H3,(H2,31,40)(H,33,41)/t15?,18?,19?,21?,22-,30-/m0/s1. The molecule has 2 amide bonds. The monoisotopic (exact) mass is 576 g/mol. The number of nitrogens with zero attached hydrogens (tertiary/aromatic N) is 2. The number of hydrogen-bond acceptors (Lipinski definition) is 10. The number of rotatable bonds is 6. The van der Waals surface area contributed by atoms with E-state index < -0.39 is 76.0 Å². The van der Waals surface area contributed by atoms with Gasteiger partial charge in [-0.3, -0.25) is 38.7 Å². The van der Waals surface area contributed by atoms with Crippen LogP contribution in [0.3, 0.4) is 0 Å². The van der Waals surface area contributed by atoms with Crippen LogP contribution in [0.15, 0.2) is 30.6 Å². The Morgan fingerprint density at radius 2 is 1.88 bits per heavy atom. The fourth-order valence-corrected chi connectivity index (χ4v) is 7.04. The molecule has 3 aliphatic carbocycles. The van der Waals surface area contributed by atoms with E-state index in [-0.39, 0.29) is 30.5 Å². The molecule has 1 heterocycles. The summed E-state index contributed by atoms with van der Waals surface area (Å²) in [5, 5.41) is 25.7. The number of carbonyl (C=O) groups excluding carboxylic acids is 6. The number of benzene rings is 1. The zero-order chi connectivity index (χ0) is 30.7. The third-order valence-corrected chi connectivity index (χ3v) is 8.98. The Hall–Kier alpha value is -4.29. The molecule has 220 valence electrons. The van der Waals surface area contributed by atoms with Crippen molar-refractivity contribution < 1.29 is 39.0 Å². The fourth-order valence-electron chi connectivity index (χ4n) is 7.04. The van der Waals surface area contributed by atoms with Gasteiger partial charge in [0.15, 0.2) is 34.7 Å². The Morgan fingerprint density at radius 1 is 1.17 bits per heavy atom. The number of fused-ring (bicyclic) bond motifs is 3. The second-order valence-corrected chi connectivity index (χ2v) is 11.5. The zero-order valence-electron chi connectivity index (χ0n) is 23.4. The molecule has 5 N–H and O–H groups in total. The maximum absolute atomic E-state index is 14.0. The highest BCUT2D eigenvalue weighted by Crippen LogP contribution is 2.51. The molecule has 4 unspecified atom stereocenters. The molecular weight excluding hydrogens is 544 g/mol. The first-order chi connectivity index (χ1) is 19.8. The molecule has 1 aromatic carbocycles. The van der Waals surface area contributed by atoms with Gasteiger partial charge in [-0.25, -0.2) is 0 Å². The van der Waals surface area contributed by atoms with Crippen molar-refractivity contribution in [3.05, 3.63) is 58.4 Å². The summed E-state index contributed by atoms with van der Waals surface area (Å²) in [6.45, 7) is 1.75. The molecule has 12 heteroatoms. The lowest BCUT2D eigenvalue weighted by Gasteiger charge is -2.52. The predicted octanol–water partition coefficient (Wildman–Crippen LogP) is -0.246. The van der Waals surface area contributed by atoms with Gasteiger partial charge in [-0.2, -0.15) is 0 Å². The van der Waals surface area contributed by atoms with E-state index >= 15 is 0 Å². The van der Waals surface area contributed by atoms with Gasteiger partial charge in [-0.05, 0) is 62.5 Å². The second kappa shape index (κ2) is 10.5. The van der Waals surface area contributed by atoms with E-state index in [1.807, 2.05) is 6.92 Å². The molecule has 0 aliphatic heterocycles. The Bertz CT molecular complexity index is 1540. The number of primary amides is 1. The summed E-state index contributed by atoms with van der Waals surface area (Å²) >= 11 is 0. The molecular formula is C30H32N4O8. The summed E-state index contributed by atoms with van der Waals surface area (Å²) in [6.07, 6.45) is 3.56. The van der Waals surface area contributed by atoms with Crippen LogP contribution >= 0.6 is 0 Å². The third kappa shape index (κ3) is 4.24. The normalized spacial score (nSPS) is 28.6. The van der Waals surface area contributed by atoms with Crippen LogP contribution < -0.4 is 11.1 Å². The maximum atomic E-state index is 14.0. The molecule has 42 heavy (non-hydrogen) atoms. The number of aryl methyl sites for hydroxylation is 1. The smallest absolute Gasteiger partial charge is 0.253 e. The highest BCUT2D eigenvalue weighted by atomic mass is 16.3. The SMILES string of the molecule is CCc1cc(CNC(=O)c2cccnc2)c(O)c2c1CC1CC3[C@H](N(C)C)C(=O)C(C(N)=O)C(=O)[C@@]3(O)C(=O)C1C2=O. The van der Waals surface area contributed by atoms with E-state index in [0.717, 1.165) is 5.56 Å². The molecule has 2 aromatic rings. The molecule has 3 aliphatic rings. The Morgan fingerprint density at radius 3 is 2.48 bits per heavy atom. The van der Waals surface area contributed by atoms with Crippen LogP contribution in [0.25, 0.3) is 0 Å². The highest BCUT2D eigenvalue weighted by Gasteiger charge is 2.69. The van der Waals surface area contributed by atoms with Gasteiger partial charge in [0.2, 0.25) is 5.91 Å². The number of nitrogens with two attached hydrogens (primary N) is 1. The van der Waals surface area contributed by atoms with Crippen molar-refractivity contribution >= 4 is 34.9 Å². The minimum Gasteiger partial charge on any atom is -0.507 e. The molecule has 2 saturated carbocycles. The van der Waals surface area contributed by atoms with E-state index in [4.69, 9.17) is 5.73 Å². The molecule has 0 saturated heterocycles. The van der Waals surface area contributed by atoms with Gasteiger partial charge in [0.1, 0.15) is 5.75 Å². The number of aliphatic hydroxyl groups is 1. The number of aromatic hydroxyl groups is 1. The molecule has 2 fully saturated rings. The zero-order valence-corrected chi connectivity index (χ0v) is 23.4. The third-order valence-electron chi connectivity index (χ3n) is 8.98. The average molecular weight is 577 g/mol. The van der Waals surface area contributed by atoms with Crippen LogP contribution in [-0.2, 0) is 38.6 Å². The Balaban J connectivity index is 1.55. The van der Waals surface area contributed by atoms with Crippen LogP contribution in [0, 0.1) is 23.7 Å². The summed E-state index contributed by atoms with van der Waals surface area (Å²) in [4.78, 5) is 84.7. The first-order valence-corrected chi connectivity index (χ1v) is 13.7. The number of aromatic nitrogens is 1. The number of Topliss-reactive ketones (excluding diaryl/α,β-unsaturated/α-hetero) is 4. The van der Waals surface area contributed by atoms with E-state index in [9.17, 15) is 39.0 Å². The predicted molar refractivity (Wildman–Crippen MR) is 146 cm³/mol. The van der Waals surface area contributed by atoms with Crippen molar-refractivity contribution in [2.24, 2.45) is 29.4 Å². The van der Waals surface area contributed by atoms with Gasteiger partial charge in [-0.1, -0.05) is 13.0 Å². The summed E-state index contributed by atoms with van der Waals surface area (Å²) < 4.78 is 0. The van der Waals surface area contributed by atoms with Crippen LogP contribution in [0.2, 0.25) is 0 Å². The van der Waals surface area contributed by atoms with Gasteiger partial charge in [-0.15, -0.1) is 0 Å². The summed E-state index contributed by atoms with van der Waals surface area (Å²) in [5.41, 5.74) is 4.34. The summed E-state index contributed by atoms with van der Waals surface area (Å²) in [5.74, 6) is -11.4. The molecule has 0 bridgehead atoms. The minimum atomic E-state index is -2.78. The van der Waals surface area contributed by atoms with E-state index in [1.165, 1.54) is 31.4 Å². The lowest BCUT2D eigenvalue weighted by atomic mass is 9.52.